The molecular weight excluding hydrogens is 268 g/mol. The minimum absolute atomic E-state index is 0.185. The van der Waals surface area contributed by atoms with Gasteiger partial charge in [-0.05, 0) is 29.9 Å². The van der Waals surface area contributed by atoms with Gasteiger partial charge in [0.2, 0.25) is 0 Å². The van der Waals surface area contributed by atoms with Crippen LogP contribution in [0, 0.1) is 12.8 Å². The molecule has 0 aromatic heterocycles. The molecule has 0 aliphatic heterocycles. The molecule has 0 aliphatic carbocycles. The third-order valence-electron chi connectivity index (χ3n) is 3.38. The summed E-state index contributed by atoms with van der Waals surface area (Å²) in [6, 6.07) is 4.43. The molecule has 0 heterocycles. The fraction of sp³-hybridized carbons (Fsp3) is 0.500. The highest BCUT2D eigenvalue weighted by Gasteiger charge is 2.24. The second-order valence-corrected chi connectivity index (χ2v) is 5.85. The molecule has 0 saturated heterocycles. The molecule has 1 aromatic carbocycles. The summed E-state index contributed by atoms with van der Waals surface area (Å²) in [5.74, 6) is -0.954. The van der Waals surface area contributed by atoms with E-state index in [0.29, 0.717) is 0 Å². The Hall–Kier alpha value is -2.04. The lowest BCUT2D eigenvalue weighted by molar-refractivity contribution is -0.140. The Labute approximate surface area is 125 Å². The van der Waals surface area contributed by atoms with Gasteiger partial charge in [0.25, 0.3) is 0 Å². The number of aliphatic carboxylic acids is 1. The largest absolute Gasteiger partial charge is 0.480 e. The Kier molecular flexibility index (Phi) is 5.76. The normalized spacial score (nSPS) is 12.3. The Morgan fingerprint density at radius 1 is 1.14 bits per heavy atom. The van der Waals surface area contributed by atoms with Crippen molar-refractivity contribution in [1.29, 1.82) is 0 Å². The fourth-order valence-corrected chi connectivity index (χ4v) is 2.15. The molecule has 1 aromatic rings. The summed E-state index contributed by atoms with van der Waals surface area (Å²) in [4.78, 5) is 23.2. The number of amides is 2. The van der Waals surface area contributed by atoms with Crippen LogP contribution >= 0.6 is 0 Å². The van der Waals surface area contributed by atoms with Crippen molar-refractivity contribution < 1.29 is 14.7 Å². The number of aryl methyl sites for hydroxylation is 1. The zero-order valence-corrected chi connectivity index (χ0v) is 13.2. The summed E-state index contributed by atoms with van der Waals surface area (Å²) in [6.07, 6.45) is 0. The number of rotatable bonds is 5. The van der Waals surface area contributed by atoms with Crippen LogP contribution in [0.2, 0.25) is 0 Å². The van der Waals surface area contributed by atoms with E-state index in [1.54, 1.807) is 13.8 Å². The molecule has 1 rings (SSSR count). The van der Waals surface area contributed by atoms with Crippen molar-refractivity contribution in [2.45, 2.75) is 46.6 Å². The van der Waals surface area contributed by atoms with Crippen LogP contribution in [0.25, 0.3) is 0 Å². The molecule has 2 amide bonds. The first kappa shape index (κ1) is 17.0. The van der Waals surface area contributed by atoms with E-state index in [1.807, 2.05) is 39.0 Å². The predicted molar refractivity (Wildman–Crippen MR) is 83.7 cm³/mol. The van der Waals surface area contributed by atoms with Crippen LogP contribution in [0.3, 0.4) is 0 Å². The first-order valence-electron chi connectivity index (χ1n) is 7.13. The van der Waals surface area contributed by atoms with Gasteiger partial charge in [0, 0.05) is 5.69 Å². The molecule has 0 spiro atoms. The highest BCUT2D eigenvalue weighted by atomic mass is 16.4. The summed E-state index contributed by atoms with van der Waals surface area (Å²) in [6.45, 7) is 9.52. The van der Waals surface area contributed by atoms with Gasteiger partial charge in [0.05, 0.1) is 0 Å². The molecule has 5 nitrogen and oxygen atoms in total. The van der Waals surface area contributed by atoms with Gasteiger partial charge >= 0.3 is 12.0 Å². The average Bonchev–Trinajstić information content (AvgIpc) is 2.37. The standard InChI is InChI=1S/C16H24N2O3/c1-9(2)12-8-6-7-11(5)14(12)18-16(21)17-13(10(3)4)15(19)20/h6-10,13H,1-5H3,(H,19,20)(H2,17,18,21)/t13-/m1/s1. The van der Waals surface area contributed by atoms with E-state index in [-0.39, 0.29) is 11.8 Å². The van der Waals surface area contributed by atoms with Gasteiger partial charge < -0.3 is 15.7 Å². The highest BCUT2D eigenvalue weighted by Crippen LogP contribution is 2.27. The van der Waals surface area contributed by atoms with Gasteiger partial charge in [-0.15, -0.1) is 0 Å². The topological polar surface area (TPSA) is 78.4 Å². The van der Waals surface area contributed by atoms with Crippen molar-refractivity contribution in [3.05, 3.63) is 29.3 Å². The van der Waals surface area contributed by atoms with Crippen molar-refractivity contribution in [3.8, 4) is 0 Å². The van der Waals surface area contributed by atoms with E-state index in [0.717, 1.165) is 16.8 Å². The number of carboxylic acid groups (broad SMARTS) is 1. The first-order chi connectivity index (χ1) is 9.73. The molecule has 0 aliphatic rings. The number of benzene rings is 1. The van der Waals surface area contributed by atoms with E-state index in [9.17, 15) is 9.59 Å². The third kappa shape index (κ3) is 4.48. The summed E-state index contributed by atoms with van der Waals surface area (Å²) in [5.41, 5.74) is 2.73. The number of para-hydroxylation sites is 1. The number of urea groups is 1. The Bertz CT molecular complexity index is 524. The second-order valence-electron chi connectivity index (χ2n) is 5.85. The zero-order valence-electron chi connectivity index (χ0n) is 13.2. The first-order valence-corrected chi connectivity index (χ1v) is 7.13. The van der Waals surface area contributed by atoms with Crippen molar-refractivity contribution in [2.24, 2.45) is 5.92 Å². The Balaban J connectivity index is 2.91. The summed E-state index contributed by atoms with van der Waals surface area (Å²) < 4.78 is 0. The molecular formula is C16H24N2O3. The number of hydrogen-bond donors (Lipinski definition) is 3. The molecule has 116 valence electrons. The van der Waals surface area contributed by atoms with Gasteiger partial charge in [-0.1, -0.05) is 45.9 Å². The molecule has 3 N–H and O–H groups in total. The van der Waals surface area contributed by atoms with Gasteiger partial charge in [-0.3, -0.25) is 0 Å². The molecule has 0 bridgehead atoms. The minimum Gasteiger partial charge on any atom is -0.480 e. The highest BCUT2D eigenvalue weighted by molar-refractivity contribution is 5.93. The maximum absolute atomic E-state index is 12.1. The average molecular weight is 292 g/mol. The van der Waals surface area contributed by atoms with Crippen LogP contribution < -0.4 is 10.6 Å². The Morgan fingerprint density at radius 2 is 1.76 bits per heavy atom. The molecule has 0 unspecified atom stereocenters. The lowest BCUT2D eigenvalue weighted by Crippen LogP contribution is -2.46. The number of carboxylic acids is 1. The Morgan fingerprint density at radius 3 is 2.24 bits per heavy atom. The SMILES string of the molecule is Cc1cccc(C(C)C)c1NC(=O)N[C@@H](C(=O)O)C(C)C. The van der Waals surface area contributed by atoms with E-state index >= 15 is 0 Å². The van der Waals surface area contributed by atoms with E-state index in [1.165, 1.54) is 0 Å². The number of carbonyl (C=O) groups is 2. The van der Waals surface area contributed by atoms with E-state index in [4.69, 9.17) is 5.11 Å². The van der Waals surface area contributed by atoms with Crippen LogP contribution in [0.4, 0.5) is 10.5 Å². The molecule has 1 atom stereocenters. The van der Waals surface area contributed by atoms with Crippen LogP contribution in [0.1, 0.15) is 44.7 Å². The quantitative estimate of drug-likeness (QED) is 0.778. The van der Waals surface area contributed by atoms with Gasteiger partial charge in [0.15, 0.2) is 0 Å². The van der Waals surface area contributed by atoms with Crippen molar-refractivity contribution in [1.82, 2.24) is 5.32 Å². The molecule has 0 radical (unpaired) electrons. The lowest BCUT2D eigenvalue weighted by atomic mass is 9.98. The molecule has 0 fully saturated rings. The van der Waals surface area contributed by atoms with Crippen molar-refractivity contribution in [3.63, 3.8) is 0 Å². The van der Waals surface area contributed by atoms with Crippen LogP contribution in [0.15, 0.2) is 18.2 Å². The van der Waals surface area contributed by atoms with Crippen LogP contribution in [-0.2, 0) is 4.79 Å². The predicted octanol–water partition coefficient (Wildman–Crippen LogP) is 3.35. The minimum atomic E-state index is -1.03. The van der Waals surface area contributed by atoms with Gasteiger partial charge in [-0.2, -0.15) is 0 Å². The molecule has 0 saturated carbocycles. The number of carbonyl (C=O) groups excluding carboxylic acids is 1. The van der Waals surface area contributed by atoms with Crippen LogP contribution in [-0.4, -0.2) is 23.1 Å². The van der Waals surface area contributed by atoms with Gasteiger partial charge in [-0.25, -0.2) is 9.59 Å². The molecule has 21 heavy (non-hydrogen) atoms. The number of hydrogen-bond acceptors (Lipinski definition) is 2. The summed E-state index contributed by atoms with van der Waals surface area (Å²) in [5, 5.41) is 14.4. The smallest absolute Gasteiger partial charge is 0.326 e. The monoisotopic (exact) mass is 292 g/mol. The van der Waals surface area contributed by atoms with Crippen LogP contribution in [0.5, 0.6) is 0 Å². The molecule has 5 heteroatoms. The number of anilines is 1. The summed E-state index contributed by atoms with van der Waals surface area (Å²) in [7, 11) is 0. The van der Waals surface area contributed by atoms with Gasteiger partial charge in [0.1, 0.15) is 6.04 Å². The maximum atomic E-state index is 12.1. The maximum Gasteiger partial charge on any atom is 0.326 e. The zero-order chi connectivity index (χ0) is 16.2. The van der Waals surface area contributed by atoms with E-state index in [2.05, 4.69) is 10.6 Å². The second kappa shape index (κ2) is 7.11. The lowest BCUT2D eigenvalue weighted by Gasteiger charge is -2.21. The summed E-state index contributed by atoms with van der Waals surface area (Å²) >= 11 is 0. The third-order valence-corrected chi connectivity index (χ3v) is 3.38. The van der Waals surface area contributed by atoms with Crippen molar-refractivity contribution in [2.75, 3.05) is 5.32 Å². The fourth-order valence-electron chi connectivity index (χ4n) is 2.15. The number of nitrogens with one attached hydrogen (secondary N) is 2. The van der Waals surface area contributed by atoms with Crippen molar-refractivity contribution >= 4 is 17.7 Å². The van der Waals surface area contributed by atoms with E-state index < -0.39 is 18.0 Å².